The van der Waals surface area contributed by atoms with Crippen LogP contribution in [0.2, 0.25) is 0 Å². The molecular weight excluding hydrogens is 236 g/mol. The molecule has 1 aliphatic rings. The van der Waals surface area contributed by atoms with Crippen LogP contribution in [-0.4, -0.2) is 19.7 Å². The molecule has 2 aromatic rings. The summed E-state index contributed by atoms with van der Waals surface area (Å²) in [6.45, 7) is 0. The van der Waals surface area contributed by atoms with Gasteiger partial charge < -0.3 is 4.57 Å². The largest absolute Gasteiger partial charge is 0.315 e. The molecule has 0 amide bonds. The van der Waals surface area contributed by atoms with E-state index in [1.54, 1.807) is 4.57 Å². The summed E-state index contributed by atoms with van der Waals surface area (Å²) in [5, 5.41) is 5.54. The second-order valence-electron chi connectivity index (χ2n) is 4.26. The van der Waals surface area contributed by atoms with Crippen LogP contribution in [0.1, 0.15) is 17.7 Å². The van der Waals surface area contributed by atoms with Crippen LogP contribution in [0, 0.1) is 4.77 Å². The third kappa shape index (κ3) is 1.56. The van der Waals surface area contributed by atoms with Crippen LogP contribution < -0.4 is 5.56 Å². The Bertz CT molecular complexity index is 694. The molecule has 3 rings (SSSR count). The second-order valence-corrected chi connectivity index (χ2v) is 4.65. The van der Waals surface area contributed by atoms with E-state index in [0.29, 0.717) is 16.2 Å². The summed E-state index contributed by atoms with van der Waals surface area (Å²) in [7, 11) is 1.82. The molecule has 0 saturated carbocycles. The zero-order chi connectivity index (χ0) is 12.0. The summed E-state index contributed by atoms with van der Waals surface area (Å²) in [5.74, 6) is 0.519. The maximum Gasteiger partial charge on any atom is 0.261 e. The van der Waals surface area contributed by atoms with Crippen LogP contribution >= 0.6 is 12.2 Å². The number of nitrogens with one attached hydrogen (secondary N) is 2. The van der Waals surface area contributed by atoms with Crippen molar-refractivity contribution in [3.8, 4) is 11.4 Å². The van der Waals surface area contributed by atoms with E-state index in [4.69, 9.17) is 12.2 Å². The molecule has 5 nitrogen and oxygen atoms in total. The number of rotatable bonds is 1. The van der Waals surface area contributed by atoms with Crippen molar-refractivity contribution >= 4 is 12.2 Å². The smallest absolute Gasteiger partial charge is 0.261 e. The molecule has 1 aliphatic carbocycles. The summed E-state index contributed by atoms with van der Waals surface area (Å²) in [6.07, 6.45) is 3.13. The predicted octanol–water partition coefficient (Wildman–Crippen LogP) is 1.32. The minimum absolute atomic E-state index is 0.0246. The number of hydrogen-bond acceptors (Lipinski definition) is 3. The summed E-state index contributed by atoms with van der Waals surface area (Å²) in [6, 6.07) is 1.94. The quantitative estimate of drug-likeness (QED) is 0.748. The fourth-order valence-corrected chi connectivity index (χ4v) is 2.54. The molecule has 0 saturated heterocycles. The van der Waals surface area contributed by atoms with Crippen molar-refractivity contribution < 1.29 is 0 Å². The van der Waals surface area contributed by atoms with E-state index < -0.39 is 0 Å². The van der Waals surface area contributed by atoms with Gasteiger partial charge in [0.25, 0.3) is 5.56 Å². The van der Waals surface area contributed by atoms with Gasteiger partial charge in [-0.1, -0.05) is 0 Å². The maximum absolute atomic E-state index is 12.2. The van der Waals surface area contributed by atoms with E-state index >= 15 is 0 Å². The van der Waals surface area contributed by atoms with Gasteiger partial charge in [0.15, 0.2) is 5.82 Å². The molecule has 0 bridgehead atoms. The van der Waals surface area contributed by atoms with Gasteiger partial charge >= 0.3 is 0 Å². The van der Waals surface area contributed by atoms with Crippen LogP contribution in [0.25, 0.3) is 11.4 Å². The van der Waals surface area contributed by atoms with Crippen molar-refractivity contribution in [2.45, 2.75) is 19.3 Å². The Hall–Kier alpha value is -1.69. The number of aromatic amines is 2. The molecule has 6 heteroatoms. The Labute approximate surface area is 103 Å². The lowest BCUT2D eigenvalue weighted by Gasteiger charge is -2.08. The molecule has 0 aliphatic heterocycles. The fraction of sp³-hybridized carbons (Fsp3) is 0.364. The van der Waals surface area contributed by atoms with Crippen molar-refractivity contribution in [1.29, 1.82) is 0 Å². The molecule has 0 atom stereocenters. The lowest BCUT2D eigenvalue weighted by Crippen LogP contribution is -2.22. The maximum atomic E-state index is 12.2. The normalized spacial score (nSPS) is 13.9. The van der Waals surface area contributed by atoms with Gasteiger partial charge in [0.1, 0.15) is 0 Å². The predicted molar refractivity (Wildman–Crippen MR) is 66.5 cm³/mol. The minimum atomic E-state index is -0.0246. The Morgan fingerprint density at radius 2 is 2.24 bits per heavy atom. The highest BCUT2D eigenvalue weighted by Crippen LogP contribution is 2.23. The number of hydrogen-bond donors (Lipinski definition) is 2. The van der Waals surface area contributed by atoms with E-state index in [-0.39, 0.29) is 5.56 Å². The van der Waals surface area contributed by atoms with Gasteiger partial charge in [0, 0.05) is 12.7 Å². The van der Waals surface area contributed by atoms with E-state index in [9.17, 15) is 4.79 Å². The summed E-state index contributed by atoms with van der Waals surface area (Å²) < 4.78 is 2.09. The van der Waals surface area contributed by atoms with Gasteiger partial charge in [0.05, 0.1) is 5.56 Å². The third-order valence-electron chi connectivity index (χ3n) is 3.25. The topological polar surface area (TPSA) is 66.5 Å². The van der Waals surface area contributed by atoms with Gasteiger partial charge in [-0.15, -0.1) is 0 Å². The molecule has 0 radical (unpaired) electrons. The molecule has 17 heavy (non-hydrogen) atoms. The molecule has 0 spiro atoms. The second kappa shape index (κ2) is 3.66. The zero-order valence-corrected chi connectivity index (χ0v) is 10.2. The average molecular weight is 248 g/mol. The van der Waals surface area contributed by atoms with E-state index in [1.165, 1.54) is 5.56 Å². The van der Waals surface area contributed by atoms with E-state index in [0.717, 1.165) is 25.0 Å². The van der Waals surface area contributed by atoms with Crippen molar-refractivity contribution in [3.05, 3.63) is 32.4 Å². The summed E-state index contributed by atoms with van der Waals surface area (Å²) >= 11 is 4.90. The Morgan fingerprint density at radius 3 is 2.94 bits per heavy atom. The number of aromatic nitrogens is 4. The molecule has 2 heterocycles. The first-order valence-electron chi connectivity index (χ1n) is 5.53. The Balaban J connectivity index is 2.28. The fourth-order valence-electron chi connectivity index (χ4n) is 2.40. The van der Waals surface area contributed by atoms with Gasteiger partial charge in [-0.05, 0) is 43.1 Å². The monoisotopic (exact) mass is 248 g/mol. The minimum Gasteiger partial charge on any atom is -0.315 e. The van der Waals surface area contributed by atoms with E-state index in [2.05, 4.69) is 15.2 Å². The number of nitrogens with zero attached hydrogens (tertiary/aromatic N) is 2. The highest BCUT2D eigenvalue weighted by atomic mass is 32.1. The average Bonchev–Trinajstić information content (AvgIpc) is 2.91. The molecule has 0 aromatic carbocycles. The van der Waals surface area contributed by atoms with Crippen LogP contribution in [0.5, 0.6) is 0 Å². The van der Waals surface area contributed by atoms with Gasteiger partial charge in [-0.25, -0.2) is 0 Å². The van der Waals surface area contributed by atoms with Crippen LogP contribution in [0.3, 0.4) is 0 Å². The van der Waals surface area contributed by atoms with Crippen molar-refractivity contribution in [1.82, 2.24) is 19.7 Å². The van der Waals surface area contributed by atoms with Crippen LogP contribution in [-0.2, 0) is 19.9 Å². The standard InChI is InChI=1S/C11H12N4OS/c1-15-8-4-2-3-6(8)5-7(10(15)16)9-12-11(17)14-13-9/h5H,2-4H2,1H3,(H2,12,13,14,17). The Kier molecular flexibility index (Phi) is 2.25. The van der Waals surface area contributed by atoms with E-state index in [1.807, 2.05) is 13.1 Å². The van der Waals surface area contributed by atoms with Gasteiger partial charge in [-0.2, -0.15) is 4.98 Å². The first-order chi connectivity index (χ1) is 8.16. The first kappa shape index (κ1) is 10.5. The van der Waals surface area contributed by atoms with Crippen LogP contribution in [0.15, 0.2) is 10.9 Å². The lowest BCUT2D eigenvalue weighted by molar-refractivity contribution is 0.779. The van der Waals surface area contributed by atoms with Crippen LogP contribution in [0.4, 0.5) is 0 Å². The molecule has 0 fully saturated rings. The number of fused-ring (bicyclic) bond motifs is 1. The Morgan fingerprint density at radius 1 is 1.41 bits per heavy atom. The highest BCUT2D eigenvalue weighted by molar-refractivity contribution is 7.71. The molecule has 88 valence electrons. The molecule has 2 N–H and O–H groups in total. The number of pyridine rings is 1. The third-order valence-corrected chi connectivity index (χ3v) is 3.44. The van der Waals surface area contributed by atoms with Gasteiger partial charge in [0.2, 0.25) is 4.77 Å². The first-order valence-corrected chi connectivity index (χ1v) is 5.94. The number of H-pyrrole nitrogens is 2. The lowest BCUT2D eigenvalue weighted by atomic mass is 10.1. The van der Waals surface area contributed by atoms with Gasteiger partial charge in [-0.3, -0.25) is 15.0 Å². The molecular formula is C11H12N4OS. The summed E-state index contributed by atoms with van der Waals surface area (Å²) in [5.41, 5.74) is 2.95. The molecule has 2 aromatic heterocycles. The van der Waals surface area contributed by atoms with Crippen molar-refractivity contribution in [3.63, 3.8) is 0 Å². The zero-order valence-electron chi connectivity index (χ0n) is 9.41. The summed E-state index contributed by atoms with van der Waals surface area (Å²) in [4.78, 5) is 16.3. The van der Waals surface area contributed by atoms with Crippen molar-refractivity contribution in [2.75, 3.05) is 0 Å². The number of aryl methyl sites for hydroxylation is 1. The highest BCUT2D eigenvalue weighted by Gasteiger charge is 2.18. The van der Waals surface area contributed by atoms with Crippen molar-refractivity contribution in [2.24, 2.45) is 7.05 Å². The SMILES string of the molecule is Cn1c2c(cc(-c3nc(=S)[nH][nH]3)c1=O)CCC2. The molecule has 0 unspecified atom stereocenters.